The molecule has 98 valence electrons. The number of amides is 2. The molecule has 0 unspecified atom stereocenters. The number of aromatic nitrogens is 1. The summed E-state index contributed by atoms with van der Waals surface area (Å²) in [5, 5.41) is 5.83. The van der Waals surface area contributed by atoms with Crippen molar-refractivity contribution in [2.45, 2.75) is 52.0 Å². The maximum atomic E-state index is 11.8. The van der Waals surface area contributed by atoms with Gasteiger partial charge in [0.1, 0.15) is 5.82 Å². The van der Waals surface area contributed by atoms with Crippen LogP contribution in [0.3, 0.4) is 0 Å². The average molecular weight is 247 g/mol. The van der Waals surface area contributed by atoms with Crippen molar-refractivity contribution in [3.8, 4) is 0 Å². The molecule has 1 aromatic heterocycles. The van der Waals surface area contributed by atoms with Crippen molar-refractivity contribution in [3.05, 3.63) is 23.4 Å². The summed E-state index contributed by atoms with van der Waals surface area (Å²) < 4.78 is 0. The normalized spacial score (nSPS) is 16.3. The van der Waals surface area contributed by atoms with E-state index in [4.69, 9.17) is 0 Å². The second-order valence-corrected chi connectivity index (χ2v) is 5.10. The molecular weight excluding hydrogens is 226 g/mol. The van der Waals surface area contributed by atoms with Crippen LogP contribution >= 0.6 is 0 Å². The topological polar surface area (TPSA) is 54.0 Å². The van der Waals surface area contributed by atoms with Gasteiger partial charge >= 0.3 is 6.03 Å². The lowest BCUT2D eigenvalue weighted by molar-refractivity contribution is 0.244. The molecule has 1 fully saturated rings. The van der Waals surface area contributed by atoms with E-state index in [1.165, 1.54) is 19.3 Å². The molecule has 2 N–H and O–H groups in total. The largest absolute Gasteiger partial charge is 0.335 e. The van der Waals surface area contributed by atoms with E-state index >= 15 is 0 Å². The Morgan fingerprint density at radius 3 is 2.61 bits per heavy atom. The van der Waals surface area contributed by atoms with Gasteiger partial charge in [-0.25, -0.2) is 9.78 Å². The smallest absolute Gasteiger partial charge is 0.320 e. The van der Waals surface area contributed by atoms with Crippen LogP contribution in [-0.2, 0) is 0 Å². The summed E-state index contributed by atoms with van der Waals surface area (Å²) in [5.74, 6) is 0.626. The van der Waals surface area contributed by atoms with Gasteiger partial charge in [0.2, 0.25) is 0 Å². The van der Waals surface area contributed by atoms with Crippen LogP contribution in [0.4, 0.5) is 10.6 Å². The number of carbonyl (C=O) groups is 1. The number of aryl methyl sites for hydroxylation is 2. The summed E-state index contributed by atoms with van der Waals surface area (Å²) in [5.41, 5.74) is 2.03. The first-order valence-electron chi connectivity index (χ1n) is 6.66. The Kier molecular flexibility index (Phi) is 4.18. The minimum Gasteiger partial charge on any atom is -0.335 e. The lowest BCUT2D eigenvalue weighted by Crippen LogP contribution is -2.39. The van der Waals surface area contributed by atoms with Crippen molar-refractivity contribution in [1.82, 2.24) is 10.3 Å². The fourth-order valence-electron chi connectivity index (χ4n) is 2.49. The van der Waals surface area contributed by atoms with Crippen LogP contribution in [0, 0.1) is 13.8 Å². The van der Waals surface area contributed by atoms with Crippen LogP contribution < -0.4 is 10.6 Å². The molecule has 1 aliphatic rings. The van der Waals surface area contributed by atoms with Crippen LogP contribution in [0.25, 0.3) is 0 Å². The molecule has 0 radical (unpaired) electrons. The number of nitrogens with zero attached hydrogens (tertiary/aromatic N) is 1. The third-order valence-corrected chi connectivity index (χ3v) is 3.28. The van der Waals surface area contributed by atoms with Crippen molar-refractivity contribution in [2.24, 2.45) is 0 Å². The van der Waals surface area contributed by atoms with E-state index in [-0.39, 0.29) is 6.03 Å². The SMILES string of the molecule is Cc1cc(C)nc(NC(=O)NC2CCCCC2)c1. The van der Waals surface area contributed by atoms with Crippen LogP contribution in [0.15, 0.2) is 12.1 Å². The van der Waals surface area contributed by atoms with Crippen molar-refractivity contribution in [3.63, 3.8) is 0 Å². The summed E-state index contributed by atoms with van der Waals surface area (Å²) in [4.78, 5) is 16.1. The number of urea groups is 1. The standard InChI is InChI=1S/C14H21N3O/c1-10-8-11(2)15-13(9-10)17-14(18)16-12-6-4-3-5-7-12/h8-9,12H,3-7H2,1-2H3,(H2,15,16,17,18). The Labute approximate surface area is 108 Å². The molecular formula is C14H21N3O. The molecule has 0 aromatic carbocycles. The molecule has 4 nitrogen and oxygen atoms in total. The Bertz CT molecular complexity index is 405. The predicted molar refractivity (Wildman–Crippen MR) is 72.7 cm³/mol. The summed E-state index contributed by atoms with van der Waals surface area (Å²) in [6.45, 7) is 3.93. The van der Waals surface area contributed by atoms with E-state index < -0.39 is 0 Å². The number of hydrogen-bond acceptors (Lipinski definition) is 2. The van der Waals surface area contributed by atoms with E-state index in [0.717, 1.165) is 24.1 Å². The molecule has 1 saturated carbocycles. The molecule has 1 aromatic rings. The molecule has 1 aliphatic carbocycles. The highest BCUT2D eigenvalue weighted by molar-refractivity contribution is 5.88. The second kappa shape index (κ2) is 5.85. The number of rotatable bonds is 2. The highest BCUT2D eigenvalue weighted by atomic mass is 16.2. The maximum Gasteiger partial charge on any atom is 0.320 e. The molecule has 0 spiro atoms. The van der Waals surface area contributed by atoms with Gasteiger partial charge in [0.05, 0.1) is 0 Å². The predicted octanol–water partition coefficient (Wildman–Crippen LogP) is 3.15. The zero-order valence-electron chi connectivity index (χ0n) is 11.1. The molecule has 18 heavy (non-hydrogen) atoms. The van der Waals surface area contributed by atoms with Gasteiger partial charge in [-0.05, 0) is 44.4 Å². The van der Waals surface area contributed by atoms with Crippen molar-refractivity contribution < 1.29 is 4.79 Å². The van der Waals surface area contributed by atoms with Gasteiger partial charge in [-0.3, -0.25) is 5.32 Å². The Morgan fingerprint density at radius 2 is 1.94 bits per heavy atom. The maximum absolute atomic E-state index is 11.8. The quantitative estimate of drug-likeness (QED) is 0.843. The van der Waals surface area contributed by atoms with E-state index in [0.29, 0.717) is 11.9 Å². The Hall–Kier alpha value is -1.58. The lowest BCUT2D eigenvalue weighted by atomic mass is 9.96. The first-order chi connectivity index (χ1) is 8.63. The van der Waals surface area contributed by atoms with Crippen LogP contribution in [0.2, 0.25) is 0 Å². The van der Waals surface area contributed by atoms with Crippen LogP contribution in [0.5, 0.6) is 0 Å². The number of pyridine rings is 1. The third kappa shape index (κ3) is 3.72. The molecule has 2 amide bonds. The Morgan fingerprint density at radius 1 is 1.22 bits per heavy atom. The molecule has 1 heterocycles. The van der Waals surface area contributed by atoms with E-state index in [1.54, 1.807) is 0 Å². The van der Waals surface area contributed by atoms with Gasteiger partial charge in [-0.15, -0.1) is 0 Å². The fraction of sp³-hybridized carbons (Fsp3) is 0.571. The minimum absolute atomic E-state index is 0.139. The van der Waals surface area contributed by atoms with Gasteiger partial charge < -0.3 is 5.32 Å². The lowest BCUT2D eigenvalue weighted by Gasteiger charge is -2.22. The monoisotopic (exact) mass is 247 g/mol. The van der Waals surface area contributed by atoms with Crippen molar-refractivity contribution in [2.75, 3.05) is 5.32 Å². The van der Waals surface area contributed by atoms with Gasteiger partial charge in [0, 0.05) is 11.7 Å². The highest BCUT2D eigenvalue weighted by Gasteiger charge is 2.15. The third-order valence-electron chi connectivity index (χ3n) is 3.28. The summed E-state index contributed by atoms with van der Waals surface area (Å²) in [7, 11) is 0. The molecule has 2 rings (SSSR count). The van der Waals surface area contributed by atoms with Gasteiger partial charge in [0.25, 0.3) is 0 Å². The Balaban J connectivity index is 1.89. The zero-order chi connectivity index (χ0) is 13.0. The van der Waals surface area contributed by atoms with Gasteiger partial charge in [-0.1, -0.05) is 19.3 Å². The van der Waals surface area contributed by atoms with Gasteiger partial charge in [-0.2, -0.15) is 0 Å². The summed E-state index contributed by atoms with van der Waals surface area (Å²) in [6, 6.07) is 4.06. The summed E-state index contributed by atoms with van der Waals surface area (Å²) >= 11 is 0. The first kappa shape index (κ1) is 12.9. The fourth-order valence-corrected chi connectivity index (χ4v) is 2.49. The molecule has 4 heteroatoms. The van der Waals surface area contributed by atoms with Crippen molar-refractivity contribution >= 4 is 11.8 Å². The van der Waals surface area contributed by atoms with E-state index in [2.05, 4.69) is 15.6 Å². The average Bonchev–Trinajstić information content (AvgIpc) is 2.28. The summed E-state index contributed by atoms with van der Waals surface area (Å²) in [6.07, 6.45) is 5.90. The van der Waals surface area contributed by atoms with Crippen LogP contribution in [0.1, 0.15) is 43.4 Å². The first-order valence-corrected chi connectivity index (χ1v) is 6.66. The number of carbonyl (C=O) groups excluding carboxylic acids is 1. The highest BCUT2D eigenvalue weighted by Crippen LogP contribution is 2.17. The van der Waals surface area contributed by atoms with E-state index in [1.807, 2.05) is 26.0 Å². The molecule has 0 atom stereocenters. The molecule has 0 aliphatic heterocycles. The zero-order valence-corrected chi connectivity index (χ0v) is 11.1. The minimum atomic E-state index is -0.139. The number of anilines is 1. The molecule has 0 bridgehead atoms. The van der Waals surface area contributed by atoms with E-state index in [9.17, 15) is 4.79 Å². The number of hydrogen-bond donors (Lipinski definition) is 2. The number of nitrogens with one attached hydrogen (secondary N) is 2. The van der Waals surface area contributed by atoms with Crippen molar-refractivity contribution in [1.29, 1.82) is 0 Å². The van der Waals surface area contributed by atoms with Gasteiger partial charge in [0.15, 0.2) is 0 Å². The second-order valence-electron chi connectivity index (χ2n) is 5.10. The molecule has 0 saturated heterocycles. The van der Waals surface area contributed by atoms with Crippen LogP contribution in [-0.4, -0.2) is 17.1 Å².